The zero-order valence-corrected chi connectivity index (χ0v) is 16.9. The third-order valence-electron chi connectivity index (χ3n) is 3.87. The number of carbonyl (C=O) groups is 2. The summed E-state index contributed by atoms with van der Waals surface area (Å²) in [5, 5.41) is 24.9. The molecule has 0 saturated carbocycles. The third-order valence-corrected chi connectivity index (χ3v) is 5.01. The fourth-order valence-corrected chi connectivity index (χ4v) is 2.92. The van der Waals surface area contributed by atoms with Crippen LogP contribution in [0.1, 0.15) is 22.8 Å². The van der Waals surface area contributed by atoms with Gasteiger partial charge >= 0.3 is 0 Å². The van der Waals surface area contributed by atoms with Gasteiger partial charge in [-0.2, -0.15) is 5.26 Å². The van der Waals surface area contributed by atoms with E-state index < -0.39 is 23.8 Å². The number of hydrogen-bond donors (Lipinski definition) is 3. The second-order valence-electron chi connectivity index (χ2n) is 5.92. The number of benzene rings is 2. The maximum absolute atomic E-state index is 12.5. The largest absolute Gasteiger partial charge is 0.391 e. The molecule has 0 unspecified atom stereocenters. The number of rotatable bonds is 7. The quantitative estimate of drug-likeness (QED) is 0.609. The fourth-order valence-electron chi connectivity index (χ4n) is 2.37. The van der Waals surface area contributed by atoms with E-state index in [0.29, 0.717) is 10.6 Å². The lowest BCUT2D eigenvalue weighted by Crippen LogP contribution is -2.44. The molecule has 9 heteroatoms. The standard InChI is InChI=1S/C19H16Cl3N3O3/c1-10(26)18(25-14-7-4-12(8-23)16(21)17(14)22)15(27)9-24-19(28)11-2-5-13(20)6-3-11/h2-7,10,18,25-26H,9H2,1H3,(H,24,28)/t10-,18+/m0/s1. The van der Waals surface area contributed by atoms with Gasteiger partial charge in [-0.25, -0.2) is 0 Å². The number of amides is 1. The monoisotopic (exact) mass is 439 g/mol. The SMILES string of the molecule is C[C@H](O)[C@@H](Nc1ccc(C#N)c(Cl)c1Cl)C(=O)CNC(=O)c1ccc(Cl)cc1. The van der Waals surface area contributed by atoms with Gasteiger partial charge in [-0.15, -0.1) is 0 Å². The van der Waals surface area contributed by atoms with Gasteiger partial charge in [0, 0.05) is 10.6 Å². The number of Topliss-reactive ketones (excluding diaryl/α,β-unsaturated/α-hetero) is 1. The molecule has 2 atom stereocenters. The zero-order chi connectivity index (χ0) is 20.8. The van der Waals surface area contributed by atoms with Gasteiger partial charge in [-0.05, 0) is 43.3 Å². The fraction of sp³-hybridized carbons (Fsp3) is 0.211. The molecule has 0 aliphatic carbocycles. The Morgan fingerprint density at radius 2 is 1.75 bits per heavy atom. The smallest absolute Gasteiger partial charge is 0.251 e. The lowest BCUT2D eigenvalue weighted by Gasteiger charge is -2.22. The van der Waals surface area contributed by atoms with Gasteiger partial charge in [0.15, 0.2) is 5.78 Å². The molecule has 0 bridgehead atoms. The molecule has 0 saturated heterocycles. The summed E-state index contributed by atoms with van der Waals surface area (Å²) in [7, 11) is 0. The van der Waals surface area contributed by atoms with Gasteiger partial charge in [0.05, 0.1) is 33.9 Å². The van der Waals surface area contributed by atoms with Crippen LogP contribution in [0.15, 0.2) is 36.4 Å². The topological polar surface area (TPSA) is 102 Å². The summed E-state index contributed by atoms with van der Waals surface area (Å²) in [5.74, 6) is -0.914. The summed E-state index contributed by atoms with van der Waals surface area (Å²) in [4.78, 5) is 24.6. The van der Waals surface area contributed by atoms with E-state index in [2.05, 4.69) is 10.6 Å². The van der Waals surface area contributed by atoms with E-state index in [4.69, 9.17) is 40.1 Å². The molecule has 3 N–H and O–H groups in total. The highest BCUT2D eigenvalue weighted by atomic mass is 35.5. The van der Waals surface area contributed by atoms with Crippen LogP contribution < -0.4 is 10.6 Å². The van der Waals surface area contributed by atoms with Crippen LogP contribution in [0.4, 0.5) is 5.69 Å². The molecule has 0 spiro atoms. The second-order valence-corrected chi connectivity index (χ2v) is 7.11. The van der Waals surface area contributed by atoms with Gasteiger partial charge in [-0.3, -0.25) is 9.59 Å². The molecule has 146 valence electrons. The molecule has 0 fully saturated rings. The normalized spacial score (nSPS) is 12.6. The first-order chi connectivity index (χ1) is 13.2. The number of anilines is 1. The highest BCUT2D eigenvalue weighted by Gasteiger charge is 2.25. The number of ketones is 1. The Kier molecular flexibility index (Phi) is 7.67. The van der Waals surface area contributed by atoms with Crippen molar-refractivity contribution in [1.82, 2.24) is 5.32 Å². The van der Waals surface area contributed by atoms with Gasteiger partial charge in [0.2, 0.25) is 0 Å². The number of nitrogens with zero attached hydrogens (tertiary/aromatic N) is 1. The molecule has 1 amide bonds. The van der Waals surface area contributed by atoms with Crippen LogP contribution in [0, 0.1) is 11.3 Å². The lowest BCUT2D eigenvalue weighted by molar-refractivity contribution is -0.120. The Labute approximate surface area is 177 Å². The van der Waals surface area contributed by atoms with Crippen molar-refractivity contribution in [2.45, 2.75) is 19.1 Å². The molecule has 28 heavy (non-hydrogen) atoms. The molecule has 0 radical (unpaired) electrons. The second kappa shape index (κ2) is 9.76. The Balaban J connectivity index is 2.08. The van der Waals surface area contributed by atoms with Crippen molar-refractivity contribution in [3.05, 3.63) is 62.6 Å². The van der Waals surface area contributed by atoms with E-state index in [9.17, 15) is 14.7 Å². The van der Waals surface area contributed by atoms with Gasteiger partial charge < -0.3 is 15.7 Å². The molecule has 2 aromatic carbocycles. The lowest BCUT2D eigenvalue weighted by atomic mass is 10.1. The maximum Gasteiger partial charge on any atom is 0.251 e. The predicted octanol–water partition coefficient (Wildman–Crippen LogP) is 3.68. The summed E-state index contributed by atoms with van der Waals surface area (Å²) in [6.07, 6.45) is -1.08. The van der Waals surface area contributed by atoms with Crippen molar-refractivity contribution in [1.29, 1.82) is 5.26 Å². The number of aliphatic hydroxyl groups is 1. The highest BCUT2D eigenvalue weighted by Crippen LogP contribution is 2.33. The molecular formula is C19H16Cl3N3O3. The average Bonchev–Trinajstić information content (AvgIpc) is 2.67. The van der Waals surface area contributed by atoms with Crippen molar-refractivity contribution >= 4 is 52.2 Å². The van der Waals surface area contributed by atoms with E-state index in [1.165, 1.54) is 31.2 Å². The first-order valence-electron chi connectivity index (χ1n) is 8.13. The number of halogens is 3. The number of nitrogens with one attached hydrogen (secondary N) is 2. The molecule has 2 aromatic rings. The van der Waals surface area contributed by atoms with Crippen LogP contribution in [0.25, 0.3) is 0 Å². The van der Waals surface area contributed by atoms with Crippen LogP contribution in [-0.2, 0) is 4.79 Å². The molecule has 2 rings (SSSR count). The van der Waals surface area contributed by atoms with Crippen LogP contribution in [0.5, 0.6) is 0 Å². The third kappa shape index (κ3) is 5.37. The van der Waals surface area contributed by atoms with E-state index in [1.807, 2.05) is 6.07 Å². The van der Waals surface area contributed by atoms with Crippen molar-refractivity contribution < 1.29 is 14.7 Å². The Hall–Kier alpha value is -2.30. The summed E-state index contributed by atoms with van der Waals surface area (Å²) >= 11 is 17.9. The minimum absolute atomic E-state index is 0.0435. The number of nitriles is 1. The first-order valence-corrected chi connectivity index (χ1v) is 9.27. The minimum atomic E-state index is -1.08. The summed E-state index contributed by atoms with van der Waals surface area (Å²) in [6, 6.07) is 9.98. The Morgan fingerprint density at radius 1 is 1.11 bits per heavy atom. The summed E-state index contributed by atoms with van der Waals surface area (Å²) in [5.41, 5.74) is 0.821. The number of carbonyl (C=O) groups excluding carboxylic acids is 2. The van der Waals surface area contributed by atoms with Crippen LogP contribution in [0.2, 0.25) is 15.1 Å². The minimum Gasteiger partial charge on any atom is -0.391 e. The van der Waals surface area contributed by atoms with Crippen molar-refractivity contribution in [3.8, 4) is 6.07 Å². The van der Waals surface area contributed by atoms with Crippen molar-refractivity contribution in [2.75, 3.05) is 11.9 Å². The molecule has 0 heterocycles. The molecule has 0 aromatic heterocycles. The number of hydrogen-bond acceptors (Lipinski definition) is 5. The van der Waals surface area contributed by atoms with Crippen LogP contribution in [0.3, 0.4) is 0 Å². The molecule has 0 aliphatic rings. The van der Waals surface area contributed by atoms with Crippen LogP contribution >= 0.6 is 34.8 Å². The first kappa shape index (κ1) is 22.0. The average molecular weight is 441 g/mol. The van der Waals surface area contributed by atoms with Crippen molar-refractivity contribution in [3.63, 3.8) is 0 Å². The molecule has 6 nitrogen and oxygen atoms in total. The molecule has 0 aliphatic heterocycles. The van der Waals surface area contributed by atoms with Gasteiger partial charge in [0.25, 0.3) is 5.91 Å². The van der Waals surface area contributed by atoms with E-state index >= 15 is 0 Å². The van der Waals surface area contributed by atoms with Gasteiger partial charge in [-0.1, -0.05) is 34.8 Å². The predicted molar refractivity (Wildman–Crippen MR) is 109 cm³/mol. The Morgan fingerprint density at radius 3 is 2.32 bits per heavy atom. The van der Waals surface area contributed by atoms with E-state index in [1.54, 1.807) is 12.1 Å². The van der Waals surface area contributed by atoms with E-state index in [0.717, 1.165) is 0 Å². The maximum atomic E-state index is 12.5. The summed E-state index contributed by atoms with van der Waals surface area (Å²) < 4.78 is 0. The molecular weight excluding hydrogens is 425 g/mol. The zero-order valence-electron chi connectivity index (χ0n) is 14.7. The van der Waals surface area contributed by atoms with Gasteiger partial charge in [0.1, 0.15) is 12.1 Å². The van der Waals surface area contributed by atoms with E-state index in [-0.39, 0.29) is 27.8 Å². The Bertz CT molecular complexity index is 925. The highest BCUT2D eigenvalue weighted by molar-refractivity contribution is 6.44. The van der Waals surface area contributed by atoms with Crippen molar-refractivity contribution in [2.24, 2.45) is 0 Å². The number of aliphatic hydroxyl groups excluding tert-OH is 1. The van der Waals surface area contributed by atoms with Crippen LogP contribution in [-0.4, -0.2) is 35.5 Å². The summed E-state index contributed by atoms with van der Waals surface area (Å²) in [6.45, 7) is 1.11.